The van der Waals surface area contributed by atoms with Crippen molar-refractivity contribution in [2.24, 2.45) is 0 Å². The van der Waals surface area contributed by atoms with E-state index in [-0.39, 0.29) is 18.0 Å². The maximum Gasteiger partial charge on any atom is 0.412 e. The topological polar surface area (TPSA) is 93.2 Å². The first-order valence-electron chi connectivity index (χ1n) is 7.27. The van der Waals surface area contributed by atoms with Crippen molar-refractivity contribution in [2.75, 3.05) is 17.2 Å². The molecule has 2 aromatic heterocycles. The molecule has 24 heavy (non-hydrogen) atoms. The highest BCUT2D eigenvalue weighted by molar-refractivity contribution is 6.07. The fourth-order valence-corrected chi connectivity index (χ4v) is 1.90. The lowest BCUT2D eigenvalue weighted by atomic mass is 10.2. The lowest BCUT2D eigenvalue weighted by Gasteiger charge is -2.11. The summed E-state index contributed by atoms with van der Waals surface area (Å²) in [5.74, 6) is -0.0701. The number of pyridine rings is 2. The summed E-state index contributed by atoms with van der Waals surface area (Å²) >= 11 is 0. The third kappa shape index (κ3) is 4.64. The summed E-state index contributed by atoms with van der Waals surface area (Å²) in [5, 5.41) is 5.16. The van der Waals surface area contributed by atoms with Crippen LogP contribution < -0.4 is 10.6 Å². The fourth-order valence-electron chi connectivity index (χ4n) is 1.90. The van der Waals surface area contributed by atoms with Gasteiger partial charge in [-0.25, -0.2) is 14.8 Å². The van der Waals surface area contributed by atoms with Gasteiger partial charge in [-0.05, 0) is 38.1 Å². The van der Waals surface area contributed by atoms with Crippen LogP contribution >= 0.6 is 0 Å². The maximum atomic E-state index is 12.5. The van der Waals surface area contributed by atoms with Gasteiger partial charge in [0, 0.05) is 11.4 Å². The number of aromatic nitrogens is 2. The Morgan fingerprint density at radius 3 is 2.58 bits per heavy atom. The zero-order valence-corrected chi connectivity index (χ0v) is 13.5. The summed E-state index contributed by atoms with van der Waals surface area (Å²) in [6, 6.07) is 8.56. The zero-order valence-electron chi connectivity index (χ0n) is 13.5. The van der Waals surface area contributed by atoms with Crippen molar-refractivity contribution in [3.8, 4) is 0 Å². The van der Waals surface area contributed by atoms with Crippen LogP contribution in [0.4, 0.5) is 16.3 Å². The van der Waals surface area contributed by atoms with E-state index < -0.39 is 12.0 Å². The molecule has 2 amide bonds. The highest BCUT2D eigenvalue weighted by atomic mass is 16.5. The number of hydrogen-bond acceptors (Lipinski definition) is 5. The van der Waals surface area contributed by atoms with Crippen molar-refractivity contribution in [3.63, 3.8) is 0 Å². The summed E-state index contributed by atoms with van der Waals surface area (Å²) in [5.41, 5.74) is 1.74. The van der Waals surface area contributed by atoms with Gasteiger partial charge in [0.15, 0.2) is 5.69 Å². The van der Waals surface area contributed by atoms with Gasteiger partial charge < -0.3 is 10.1 Å². The van der Waals surface area contributed by atoms with Crippen molar-refractivity contribution in [1.82, 2.24) is 9.97 Å². The summed E-state index contributed by atoms with van der Waals surface area (Å²) < 4.78 is 4.85. The van der Waals surface area contributed by atoms with Crippen molar-refractivity contribution in [1.29, 1.82) is 0 Å². The molecule has 0 saturated carbocycles. The molecule has 2 heterocycles. The minimum absolute atomic E-state index is 0.0693. The van der Waals surface area contributed by atoms with Crippen LogP contribution in [-0.4, -0.2) is 28.6 Å². The molecule has 2 N–H and O–H groups in total. The molecule has 0 saturated heterocycles. The smallest absolute Gasteiger partial charge is 0.412 e. The Hall–Kier alpha value is -3.22. The van der Waals surface area contributed by atoms with Crippen LogP contribution in [-0.2, 0) is 4.74 Å². The third-order valence-corrected chi connectivity index (χ3v) is 2.95. The number of aryl methyl sites for hydroxylation is 2. The molecule has 0 aliphatic rings. The van der Waals surface area contributed by atoms with Gasteiger partial charge in [0.1, 0.15) is 12.4 Å². The van der Waals surface area contributed by atoms with E-state index in [1.807, 2.05) is 13.0 Å². The lowest BCUT2D eigenvalue weighted by Crippen LogP contribution is -2.21. The van der Waals surface area contributed by atoms with E-state index in [9.17, 15) is 9.59 Å². The number of ether oxygens (including phenoxy) is 1. The third-order valence-electron chi connectivity index (χ3n) is 2.95. The van der Waals surface area contributed by atoms with Crippen molar-refractivity contribution in [3.05, 3.63) is 60.1 Å². The molecule has 0 aromatic carbocycles. The standard InChI is InChI=1S/C17H18N4O3/c1-4-10-24-17(23)20-13-9-8-12(3)19-15(13)16(22)21-14-7-5-6-11(2)18-14/h4-9H,1,10H2,2-3H3,(H,20,23)(H,18,21,22). The first kappa shape index (κ1) is 17.1. The molecule has 0 aliphatic heterocycles. The monoisotopic (exact) mass is 326 g/mol. The van der Waals surface area contributed by atoms with E-state index in [0.29, 0.717) is 11.5 Å². The molecule has 2 aromatic rings. The second kappa shape index (κ2) is 7.87. The number of anilines is 2. The van der Waals surface area contributed by atoms with Crippen LogP contribution in [0.5, 0.6) is 0 Å². The normalized spacial score (nSPS) is 9.92. The molecule has 0 bridgehead atoms. The van der Waals surface area contributed by atoms with E-state index in [1.54, 1.807) is 31.2 Å². The first-order chi connectivity index (χ1) is 11.5. The van der Waals surface area contributed by atoms with Gasteiger partial charge in [0.05, 0.1) is 5.69 Å². The predicted molar refractivity (Wildman–Crippen MR) is 91.1 cm³/mol. The molecule has 0 atom stereocenters. The van der Waals surface area contributed by atoms with Crippen LogP contribution in [0.1, 0.15) is 21.9 Å². The van der Waals surface area contributed by atoms with E-state index in [0.717, 1.165) is 5.69 Å². The Morgan fingerprint density at radius 1 is 1.12 bits per heavy atom. The highest BCUT2D eigenvalue weighted by Gasteiger charge is 2.16. The quantitative estimate of drug-likeness (QED) is 0.824. The molecule has 0 fully saturated rings. The van der Waals surface area contributed by atoms with Crippen molar-refractivity contribution in [2.45, 2.75) is 13.8 Å². The van der Waals surface area contributed by atoms with Gasteiger partial charge in [0.2, 0.25) is 0 Å². The number of hydrogen-bond donors (Lipinski definition) is 2. The van der Waals surface area contributed by atoms with Crippen LogP contribution in [0.15, 0.2) is 43.0 Å². The number of nitrogens with one attached hydrogen (secondary N) is 2. The number of carbonyl (C=O) groups is 2. The average Bonchev–Trinajstić information content (AvgIpc) is 2.54. The number of rotatable bonds is 5. The Balaban J connectivity index is 2.21. The van der Waals surface area contributed by atoms with E-state index in [2.05, 4.69) is 27.2 Å². The Morgan fingerprint density at radius 2 is 1.88 bits per heavy atom. The van der Waals surface area contributed by atoms with Gasteiger partial charge in [-0.15, -0.1) is 0 Å². The van der Waals surface area contributed by atoms with Crippen LogP contribution in [0.3, 0.4) is 0 Å². The second-order valence-corrected chi connectivity index (χ2v) is 4.98. The predicted octanol–water partition coefficient (Wildman–Crippen LogP) is 3.08. The van der Waals surface area contributed by atoms with E-state index in [4.69, 9.17) is 4.74 Å². The highest BCUT2D eigenvalue weighted by Crippen LogP contribution is 2.16. The maximum absolute atomic E-state index is 12.5. The van der Waals surface area contributed by atoms with Crippen LogP contribution in [0.2, 0.25) is 0 Å². The summed E-state index contributed by atoms with van der Waals surface area (Å²) in [6.45, 7) is 7.11. The molecule has 0 spiro atoms. The Labute approximate surface area is 139 Å². The molecular weight excluding hydrogens is 308 g/mol. The zero-order chi connectivity index (χ0) is 17.5. The average molecular weight is 326 g/mol. The molecule has 0 aliphatic carbocycles. The first-order valence-corrected chi connectivity index (χ1v) is 7.27. The van der Waals surface area contributed by atoms with E-state index in [1.165, 1.54) is 6.08 Å². The summed E-state index contributed by atoms with van der Waals surface area (Å²) in [6.07, 6.45) is 0.757. The largest absolute Gasteiger partial charge is 0.445 e. The van der Waals surface area contributed by atoms with Gasteiger partial charge >= 0.3 is 6.09 Å². The van der Waals surface area contributed by atoms with Crippen LogP contribution in [0.25, 0.3) is 0 Å². The Bertz CT molecular complexity index is 774. The molecule has 7 nitrogen and oxygen atoms in total. The van der Waals surface area contributed by atoms with E-state index >= 15 is 0 Å². The molecule has 7 heteroatoms. The molecule has 0 radical (unpaired) electrons. The van der Waals surface area contributed by atoms with Gasteiger partial charge in [-0.1, -0.05) is 18.7 Å². The fraction of sp³-hybridized carbons (Fsp3) is 0.176. The van der Waals surface area contributed by atoms with Gasteiger partial charge in [-0.2, -0.15) is 0 Å². The molecular formula is C17H18N4O3. The minimum atomic E-state index is -0.691. The second-order valence-electron chi connectivity index (χ2n) is 4.98. The number of carbonyl (C=O) groups excluding carboxylic acids is 2. The molecule has 124 valence electrons. The Kier molecular flexibility index (Phi) is 5.62. The summed E-state index contributed by atoms with van der Waals surface area (Å²) in [4.78, 5) is 32.6. The lowest BCUT2D eigenvalue weighted by molar-refractivity contribution is 0.102. The van der Waals surface area contributed by atoms with Crippen molar-refractivity contribution >= 4 is 23.5 Å². The molecule has 0 unspecified atom stereocenters. The number of amides is 2. The van der Waals surface area contributed by atoms with Crippen molar-refractivity contribution < 1.29 is 14.3 Å². The van der Waals surface area contributed by atoms with Gasteiger partial charge in [0.25, 0.3) is 5.91 Å². The SMILES string of the molecule is C=CCOC(=O)Nc1ccc(C)nc1C(=O)Nc1cccc(C)n1. The summed E-state index contributed by atoms with van der Waals surface area (Å²) in [7, 11) is 0. The van der Waals surface area contributed by atoms with Gasteiger partial charge in [-0.3, -0.25) is 10.1 Å². The number of nitrogens with zero attached hydrogens (tertiary/aromatic N) is 2. The minimum Gasteiger partial charge on any atom is -0.445 e. The molecule has 2 rings (SSSR count). The van der Waals surface area contributed by atoms with Crippen LogP contribution in [0, 0.1) is 13.8 Å².